The fourth-order valence-electron chi connectivity index (χ4n) is 3.11. The van der Waals surface area contributed by atoms with Crippen molar-refractivity contribution in [3.8, 4) is 0 Å². The molecule has 2 heterocycles. The van der Waals surface area contributed by atoms with E-state index in [2.05, 4.69) is 0 Å². The fourth-order valence-corrected chi connectivity index (χ4v) is 4.80. The molecule has 0 aromatic heterocycles. The van der Waals surface area contributed by atoms with E-state index in [-0.39, 0.29) is 55.8 Å². The van der Waals surface area contributed by atoms with Gasteiger partial charge in [0.1, 0.15) is 27.9 Å². The topological polar surface area (TPSA) is 75.6 Å². The fraction of sp³-hybridized carbons (Fsp3) is 1.00. The van der Waals surface area contributed by atoms with Crippen molar-refractivity contribution in [2.75, 3.05) is 27.4 Å². The Kier molecular flexibility index (Phi) is 10.4. The van der Waals surface area contributed by atoms with Crippen molar-refractivity contribution < 1.29 is 51.4 Å². The summed E-state index contributed by atoms with van der Waals surface area (Å²) in [5.41, 5.74) is 0. The first-order chi connectivity index (χ1) is 11.8. The van der Waals surface area contributed by atoms with E-state index >= 15 is 0 Å². The third-order valence-corrected chi connectivity index (χ3v) is 7.23. The van der Waals surface area contributed by atoms with Gasteiger partial charge in [0.25, 0.3) is 0 Å². The molecule has 0 aromatic rings. The van der Waals surface area contributed by atoms with Crippen LogP contribution in [0.3, 0.4) is 0 Å². The first-order valence-corrected chi connectivity index (χ1v) is 10.8. The van der Waals surface area contributed by atoms with Crippen molar-refractivity contribution in [2.24, 2.45) is 11.8 Å². The standard InChI is InChI=1S/C14H25B2O7PS.V/c1-7-11(18-3)10(22-13(7)15)6-20-24(25,19-4)23-12-8(2)14(16)21-9(12)5-17;/h7-14,17H,5-6H2,1-4H3;/t7?,8?,9-,10-,11?,12?,13-,14-,24?;/m1./s1. The Labute approximate surface area is 175 Å². The largest absolute Gasteiger partial charge is 0.394 e. The maximum absolute atomic E-state index is 9.45. The number of rotatable bonds is 8. The van der Waals surface area contributed by atoms with Gasteiger partial charge >= 0.3 is 6.72 Å². The van der Waals surface area contributed by atoms with Crippen LogP contribution in [0, 0.1) is 11.8 Å². The van der Waals surface area contributed by atoms with E-state index < -0.39 is 30.9 Å². The predicted molar refractivity (Wildman–Crippen MR) is 97.2 cm³/mol. The molecular formula is C14H25B2O7PSV. The summed E-state index contributed by atoms with van der Waals surface area (Å²) in [6.07, 6.45) is -1.67. The van der Waals surface area contributed by atoms with Gasteiger partial charge in [-0.15, -0.1) is 0 Å². The molecule has 5 radical (unpaired) electrons. The number of aliphatic hydroxyl groups excluding tert-OH is 1. The van der Waals surface area contributed by atoms with Gasteiger partial charge in [-0.3, -0.25) is 0 Å². The van der Waals surface area contributed by atoms with Gasteiger partial charge < -0.3 is 32.9 Å². The van der Waals surface area contributed by atoms with Crippen molar-refractivity contribution >= 4 is 34.2 Å². The van der Waals surface area contributed by atoms with Crippen LogP contribution in [0.15, 0.2) is 0 Å². The molecule has 145 valence electrons. The van der Waals surface area contributed by atoms with E-state index in [4.69, 9.17) is 55.3 Å². The van der Waals surface area contributed by atoms with Crippen LogP contribution in [0.25, 0.3) is 0 Å². The van der Waals surface area contributed by atoms with Gasteiger partial charge in [-0.1, -0.05) is 13.8 Å². The van der Waals surface area contributed by atoms with Crippen LogP contribution in [0.2, 0.25) is 0 Å². The molecule has 2 fully saturated rings. The van der Waals surface area contributed by atoms with Crippen LogP contribution in [-0.4, -0.2) is 84.7 Å². The summed E-state index contributed by atoms with van der Waals surface area (Å²) in [6, 6.07) is -0.975. The molecule has 26 heavy (non-hydrogen) atoms. The molecule has 9 atom stereocenters. The third kappa shape index (κ3) is 5.58. The zero-order valence-corrected chi connectivity index (χ0v) is 18.5. The van der Waals surface area contributed by atoms with Crippen LogP contribution in [-0.2, 0) is 58.1 Å². The zero-order valence-electron chi connectivity index (χ0n) is 15.4. The molecule has 2 aliphatic heterocycles. The normalized spacial score (nSPS) is 42.3. The molecule has 0 amide bonds. The van der Waals surface area contributed by atoms with Gasteiger partial charge in [0.2, 0.25) is 0 Å². The second kappa shape index (κ2) is 10.7. The molecule has 2 rings (SSSR count). The molecule has 2 saturated heterocycles. The number of ether oxygens (including phenoxy) is 3. The Bertz CT molecular complexity index is 494. The Balaban J connectivity index is 0.00000338. The zero-order chi connectivity index (χ0) is 18.8. The number of aliphatic hydroxyl groups is 1. The van der Waals surface area contributed by atoms with Crippen LogP contribution in [0.5, 0.6) is 0 Å². The maximum Gasteiger partial charge on any atom is 0.327 e. The molecule has 12 heteroatoms. The molecule has 0 bridgehead atoms. The Morgan fingerprint density at radius 2 is 1.58 bits per heavy atom. The van der Waals surface area contributed by atoms with E-state index in [0.29, 0.717) is 0 Å². The van der Waals surface area contributed by atoms with Crippen LogP contribution >= 0.6 is 6.72 Å². The smallest absolute Gasteiger partial charge is 0.327 e. The van der Waals surface area contributed by atoms with Gasteiger partial charge in [0.05, 0.1) is 25.4 Å². The van der Waals surface area contributed by atoms with E-state index in [9.17, 15) is 5.11 Å². The van der Waals surface area contributed by atoms with E-state index in [1.54, 1.807) is 7.11 Å². The quantitative estimate of drug-likeness (QED) is 0.427. The van der Waals surface area contributed by atoms with Crippen molar-refractivity contribution in [2.45, 2.75) is 50.3 Å². The van der Waals surface area contributed by atoms with Crippen LogP contribution in [0.1, 0.15) is 13.8 Å². The maximum atomic E-state index is 9.45. The molecule has 5 unspecified atom stereocenters. The molecule has 0 spiro atoms. The monoisotopic (exact) mass is 441 g/mol. The second-order valence-electron chi connectivity index (χ2n) is 6.38. The molecule has 1 N–H and O–H groups in total. The van der Waals surface area contributed by atoms with E-state index in [1.807, 2.05) is 13.8 Å². The summed E-state index contributed by atoms with van der Waals surface area (Å²) >= 11 is 5.44. The number of hydrogen-bond donors (Lipinski definition) is 1. The van der Waals surface area contributed by atoms with Crippen molar-refractivity contribution in [1.29, 1.82) is 0 Å². The van der Waals surface area contributed by atoms with Crippen molar-refractivity contribution in [3.63, 3.8) is 0 Å². The SMILES string of the molecule is [B][C@@H]1O[C@H](COP(=S)(OC)OC2C(C)[C@H]([B])O[C@@H]2CO)C(OC)C1C.[V]. The minimum Gasteiger partial charge on any atom is -0.394 e. The minimum atomic E-state index is -3.08. The second-order valence-corrected chi connectivity index (χ2v) is 9.45. The van der Waals surface area contributed by atoms with Crippen LogP contribution < -0.4 is 0 Å². The van der Waals surface area contributed by atoms with Gasteiger partial charge in [0.15, 0.2) is 0 Å². The van der Waals surface area contributed by atoms with Gasteiger partial charge in [0, 0.05) is 56.6 Å². The Hall–Kier alpha value is 1.08. The summed E-state index contributed by atoms with van der Waals surface area (Å²) in [6.45, 7) is 0.625. The van der Waals surface area contributed by atoms with Crippen LogP contribution in [0.4, 0.5) is 0 Å². The molecule has 0 aliphatic carbocycles. The van der Waals surface area contributed by atoms with E-state index in [0.717, 1.165) is 0 Å². The van der Waals surface area contributed by atoms with Crippen molar-refractivity contribution in [3.05, 3.63) is 0 Å². The van der Waals surface area contributed by atoms with Gasteiger partial charge in [-0.05, 0) is 11.8 Å². The van der Waals surface area contributed by atoms with Gasteiger partial charge in [-0.2, -0.15) is 0 Å². The Morgan fingerprint density at radius 3 is 2.08 bits per heavy atom. The molecule has 0 aromatic carbocycles. The Morgan fingerprint density at radius 1 is 1.04 bits per heavy atom. The van der Waals surface area contributed by atoms with Gasteiger partial charge in [-0.25, -0.2) is 0 Å². The van der Waals surface area contributed by atoms with E-state index in [1.165, 1.54) is 7.11 Å². The summed E-state index contributed by atoms with van der Waals surface area (Å²) < 4.78 is 33.6. The third-order valence-electron chi connectivity index (χ3n) is 4.79. The average molecular weight is 441 g/mol. The first-order valence-electron chi connectivity index (χ1n) is 8.20. The number of hydrogen-bond acceptors (Lipinski definition) is 8. The predicted octanol–water partition coefficient (Wildman–Crippen LogP) is 0.323. The summed E-state index contributed by atoms with van der Waals surface area (Å²) in [7, 11) is 14.8. The average Bonchev–Trinajstić information content (AvgIpc) is 3.03. The molecule has 2 aliphatic rings. The van der Waals surface area contributed by atoms with Crippen molar-refractivity contribution in [1.82, 2.24) is 0 Å². The molecular weight excluding hydrogens is 416 g/mol. The first kappa shape index (κ1) is 25.1. The summed E-state index contributed by atoms with van der Waals surface area (Å²) in [4.78, 5) is 0. The molecule has 7 nitrogen and oxygen atoms in total. The minimum absolute atomic E-state index is 0. The number of methoxy groups -OCH3 is 1. The molecule has 0 saturated carbocycles. The summed E-state index contributed by atoms with van der Waals surface area (Å²) in [5, 5.41) is 9.45. The summed E-state index contributed by atoms with van der Waals surface area (Å²) in [5.74, 6) is -0.138.